The topological polar surface area (TPSA) is 37.5 Å². The minimum Gasteiger partial charge on any atom is -0.504 e. The average molecular weight is 276 g/mol. The summed E-state index contributed by atoms with van der Waals surface area (Å²) in [6.45, 7) is 1.88. The first-order valence-corrected chi connectivity index (χ1v) is 6.82. The van der Waals surface area contributed by atoms with Crippen LogP contribution in [0.2, 0.25) is 0 Å². The number of benzene rings is 2. The fraction of sp³-hybridized carbons (Fsp3) is 0.0556. The number of hydrogen-bond donors (Lipinski definition) is 1. The summed E-state index contributed by atoms with van der Waals surface area (Å²) in [7, 11) is 0. The molecule has 0 aliphatic carbocycles. The van der Waals surface area contributed by atoms with Crippen molar-refractivity contribution >= 4 is 5.69 Å². The fourth-order valence-electron chi connectivity index (χ4n) is 2.24. The van der Waals surface area contributed by atoms with E-state index in [4.69, 9.17) is 0 Å². The molecule has 0 unspecified atom stereocenters. The van der Waals surface area contributed by atoms with Crippen molar-refractivity contribution < 1.29 is 5.11 Å². The summed E-state index contributed by atoms with van der Waals surface area (Å²) >= 11 is 0. The van der Waals surface area contributed by atoms with E-state index < -0.39 is 0 Å². The highest BCUT2D eigenvalue weighted by Crippen LogP contribution is 2.17. The van der Waals surface area contributed by atoms with Crippen LogP contribution in [0, 0.1) is 6.92 Å². The largest absolute Gasteiger partial charge is 0.504 e. The van der Waals surface area contributed by atoms with E-state index in [2.05, 4.69) is 4.99 Å². The Labute approximate surface area is 123 Å². The Morgan fingerprint density at radius 2 is 1.48 bits per heavy atom. The summed E-state index contributed by atoms with van der Waals surface area (Å²) in [5.41, 5.74) is 2.60. The van der Waals surface area contributed by atoms with E-state index in [9.17, 15) is 5.11 Å². The Bertz CT molecular complexity index is 806. The van der Waals surface area contributed by atoms with Crippen LogP contribution in [0.15, 0.2) is 77.9 Å². The Morgan fingerprint density at radius 1 is 0.857 bits per heavy atom. The minimum absolute atomic E-state index is 0.199. The van der Waals surface area contributed by atoms with Crippen LogP contribution in [0.4, 0.5) is 5.69 Å². The van der Waals surface area contributed by atoms with Crippen LogP contribution in [0.5, 0.6) is 5.75 Å². The van der Waals surface area contributed by atoms with E-state index in [-0.39, 0.29) is 5.75 Å². The highest BCUT2D eigenvalue weighted by atomic mass is 16.3. The van der Waals surface area contributed by atoms with Gasteiger partial charge in [0.25, 0.3) is 0 Å². The Kier molecular flexibility index (Phi) is 3.56. The van der Waals surface area contributed by atoms with Crippen molar-refractivity contribution in [1.29, 1.82) is 0 Å². The second-order valence-corrected chi connectivity index (χ2v) is 4.79. The van der Waals surface area contributed by atoms with Gasteiger partial charge in [0.05, 0.1) is 11.4 Å². The number of para-hydroxylation sites is 2. The third-order valence-corrected chi connectivity index (χ3v) is 3.37. The molecule has 2 aromatic carbocycles. The standard InChI is InChI=1S/C18H16N2O/c1-14-18(21)17(19-15-8-4-2-5-9-15)12-13-20(14)16-10-6-3-7-11-16/h2-13,21H,1H3. The number of aromatic nitrogens is 1. The lowest BCUT2D eigenvalue weighted by molar-refractivity contribution is 0.457. The predicted molar refractivity (Wildman–Crippen MR) is 83.8 cm³/mol. The molecule has 0 aliphatic heterocycles. The molecule has 1 aromatic heterocycles. The predicted octanol–water partition coefficient (Wildman–Crippen LogP) is 3.72. The first-order chi connectivity index (χ1) is 10.3. The van der Waals surface area contributed by atoms with Crippen LogP contribution in [-0.2, 0) is 0 Å². The molecule has 104 valence electrons. The van der Waals surface area contributed by atoms with Gasteiger partial charge < -0.3 is 9.67 Å². The summed E-state index contributed by atoms with van der Waals surface area (Å²) in [5, 5.41) is 11.0. The second-order valence-electron chi connectivity index (χ2n) is 4.79. The lowest BCUT2D eigenvalue weighted by atomic mass is 10.2. The van der Waals surface area contributed by atoms with E-state index in [0.29, 0.717) is 5.36 Å². The average Bonchev–Trinajstić information content (AvgIpc) is 2.54. The number of nitrogens with zero attached hydrogens (tertiary/aromatic N) is 2. The van der Waals surface area contributed by atoms with Crippen molar-refractivity contribution in [3.63, 3.8) is 0 Å². The number of aromatic hydroxyl groups is 1. The molecule has 0 aliphatic rings. The molecule has 0 bridgehead atoms. The molecular weight excluding hydrogens is 260 g/mol. The molecule has 0 spiro atoms. The van der Waals surface area contributed by atoms with Gasteiger partial charge in [0.15, 0.2) is 5.75 Å². The van der Waals surface area contributed by atoms with Crippen LogP contribution in [0.3, 0.4) is 0 Å². The van der Waals surface area contributed by atoms with Gasteiger partial charge in [-0.25, -0.2) is 4.99 Å². The normalized spacial score (nSPS) is 11.6. The summed E-state index contributed by atoms with van der Waals surface area (Å²) < 4.78 is 1.94. The van der Waals surface area contributed by atoms with Gasteiger partial charge in [0.1, 0.15) is 5.36 Å². The maximum Gasteiger partial charge on any atom is 0.160 e. The summed E-state index contributed by atoms with van der Waals surface area (Å²) in [4.78, 5) is 4.47. The quantitative estimate of drug-likeness (QED) is 0.761. The first-order valence-electron chi connectivity index (χ1n) is 6.82. The van der Waals surface area contributed by atoms with Crippen molar-refractivity contribution in [1.82, 2.24) is 4.57 Å². The molecule has 3 rings (SSSR count). The van der Waals surface area contributed by atoms with Crippen LogP contribution in [-0.4, -0.2) is 9.67 Å². The maximum absolute atomic E-state index is 10.4. The SMILES string of the molecule is Cc1c(O)c(=Nc2ccccc2)ccn1-c1ccccc1. The van der Waals surface area contributed by atoms with Gasteiger partial charge >= 0.3 is 0 Å². The molecule has 1 N–H and O–H groups in total. The van der Waals surface area contributed by atoms with Crippen molar-refractivity contribution in [2.24, 2.45) is 4.99 Å². The van der Waals surface area contributed by atoms with Gasteiger partial charge in [0.2, 0.25) is 0 Å². The highest BCUT2D eigenvalue weighted by molar-refractivity contribution is 5.41. The number of rotatable bonds is 2. The molecule has 21 heavy (non-hydrogen) atoms. The van der Waals surface area contributed by atoms with E-state index in [0.717, 1.165) is 17.1 Å². The van der Waals surface area contributed by atoms with Crippen molar-refractivity contribution in [3.05, 3.63) is 84.0 Å². The third-order valence-electron chi connectivity index (χ3n) is 3.37. The fourth-order valence-corrected chi connectivity index (χ4v) is 2.24. The van der Waals surface area contributed by atoms with Crippen LogP contribution >= 0.6 is 0 Å². The van der Waals surface area contributed by atoms with Gasteiger partial charge in [0, 0.05) is 11.9 Å². The lowest BCUT2D eigenvalue weighted by Crippen LogP contribution is -2.09. The first kappa shape index (κ1) is 13.2. The van der Waals surface area contributed by atoms with E-state index in [1.807, 2.05) is 84.4 Å². The van der Waals surface area contributed by atoms with Gasteiger partial charge in [-0.1, -0.05) is 36.4 Å². The monoisotopic (exact) mass is 276 g/mol. The Morgan fingerprint density at radius 3 is 2.14 bits per heavy atom. The van der Waals surface area contributed by atoms with Gasteiger partial charge in [-0.2, -0.15) is 0 Å². The maximum atomic E-state index is 10.4. The van der Waals surface area contributed by atoms with Crippen LogP contribution in [0.25, 0.3) is 5.69 Å². The molecule has 1 heterocycles. The molecular formula is C18H16N2O. The van der Waals surface area contributed by atoms with E-state index in [1.165, 1.54) is 0 Å². The van der Waals surface area contributed by atoms with Crippen molar-refractivity contribution in [2.45, 2.75) is 6.92 Å². The van der Waals surface area contributed by atoms with Gasteiger partial charge in [-0.05, 0) is 37.3 Å². The zero-order chi connectivity index (χ0) is 14.7. The van der Waals surface area contributed by atoms with Crippen LogP contribution in [0.1, 0.15) is 5.69 Å². The van der Waals surface area contributed by atoms with Crippen molar-refractivity contribution in [3.8, 4) is 11.4 Å². The second kappa shape index (κ2) is 5.67. The van der Waals surface area contributed by atoms with Crippen LogP contribution < -0.4 is 5.36 Å². The summed E-state index contributed by atoms with van der Waals surface area (Å²) in [6, 6.07) is 21.4. The van der Waals surface area contributed by atoms with Gasteiger partial charge in [-0.3, -0.25) is 0 Å². The van der Waals surface area contributed by atoms with E-state index >= 15 is 0 Å². The van der Waals surface area contributed by atoms with E-state index in [1.54, 1.807) is 0 Å². The van der Waals surface area contributed by atoms with Gasteiger partial charge in [-0.15, -0.1) is 0 Å². The molecule has 0 radical (unpaired) electrons. The summed E-state index contributed by atoms with van der Waals surface area (Å²) in [6.07, 6.45) is 1.92. The number of pyridine rings is 1. The smallest absolute Gasteiger partial charge is 0.160 e. The molecule has 0 fully saturated rings. The number of hydrogen-bond acceptors (Lipinski definition) is 2. The zero-order valence-electron chi connectivity index (χ0n) is 11.8. The molecule has 3 heteroatoms. The molecule has 0 amide bonds. The molecule has 0 saturated carbocycles. The zero-order valence-corrected chi connectivity index (χ0v) is 11.8. The lowest BCUT2D eigenvalue weighted by Gasteiger charge is -2.12. The Balaban J connectivity index is 2.12. The van der Waals surface area contributed by atoms with Crippen molar-refractivity contribution in [2.75, 3.05) is 0 Å². The summed E-state index contributed by atoms with van der Waals surface area (Å²) in [5.74, 6) is 0.199. The molecule has 3 nitrogen and oxygen atoms in total. The molecule has 0 saturated heterocycles. The Hall–Kier alpha value is -2.81. The minimum atomic E-state index is 0.199. The molecule has 3 aromatic rings. The molecule has 0 atom stereocenters. The third kappa shape index (κ3) is 2.72. The highest BCUT2D eigenvalue weighted by Gasteiger charge is 2.05.